The van der Waals surface area contributed by atoms with Crippen molar-refractivity contribution in [2.75, 3.05) is 33.0 Å². The van der Waals surface area contributed by atoms with E-state index in [2.05, 4.69) is 54.5 Å². The average Bonchev–Trinajstić information content (AvgIpc) is 0.676. The van der Waals surface area contributed by atoms with Crippen LogP contribution in [-0.2, 0) is 61.6 Å². The molecule has 6 aliphatic heterocycles. The van der Waals surface area contributed by atoms with Crippen LogP contribution in [0.3, 0.4) is 0 Å². The Kier molecular flexibility index (Phi) is 21.4. The van der Waals surface area contributed by atoms with E-state index in [1.807, 2.05) is 0 Å². The van der Waals surface area contributed by atoms with Crippen molar-refractivity contribution in [3.05, 3.63) is 11.6 Å². The lowest BCUT2D eigenvalue weighted by atomic mass is 9.33. The van der Waals surface area contributed by atoms with Crippen molar-refractivity contribution >= 4 is 5.97 Å². The minimum Gasteiger partial charge on any atom is -0.432 e. The molecular weight excluding hydrogens is 1250 g/mol. The Labute approximate surface area is 545 Å². The van der Waals surface area contributed by atoms with Crippen molar-refractivity contribution in [2.45, 2.75) is 298 Å². The molecule has 0 amide bonds. The van der Waals surface area contributed by atoms with Gasteiger partial charge in [-0.15, -0.1) is 0 Å². The fourth-order valence-electron chi connectivity index (χ4n) is 18.8. The molecule has 11 rings (SSSR count). The van der Waals surface area contributed by atoms with Crippen LogP contribution in [0.25, 0.3) is 0 Å². The maximum Gasteiger partial charge on any atom is 0.315 e. The lowest BCUT2D eigenvalue weighted by Crippen LogP contribution is -2.67. The zero-order valence-corrected chi connectivity index (χ0v) is 54.6. The molecule has 6 heterocycles. The molecule has 0 unspecified atom stereocenters. The fourth-order valence-corrected chi connectivity index (χ4v) is 18.8. The lowest BCUT2D eigenvalue weighted by Gasteiger charge is -2.71. The minimum atomic E-state index is -1.96. The van der Waals surface area contributed by atoms with Crippen molar-refractivity contribution in [3.63, 3.8) is 0 Å². The number of carbonyl (C=O) groups excluding carboxylic acids is 1. The standard InChI is InChI=1S/C64H104O30/c1-25-36(69)40(73)45(78)54(86-25)92-50-32(24-85-52-44(77)37(70)28(67)22-83-52)89-56(47(80)43(50)76)94-58(82)64-17-15-59(2,3)19-27(64)26-9-10-34-61(6)13-12-35(60(4,5)33(61)11-14-63(34,8)62(26,7)16-18-64)90-57-51(42(75)39(72)31(21-66)88-57)93-53-48(81)49(29(68)23-84-53)91-55-46(79)41(74)38(71)30(20-65)87-55/h9,25,27-57,65-81H,10-24H2,1-8H3/t25-,27-,28-,29+,30+,31+,32+,33-,34-,35-,36-,37-,38+,39+,40+,41-,42-,43+,44+,45+,46+,47+,48+,49-,50+,51+,52-,53-,54+,55-,56-,57-,61-,62+,63+,64-/m0/s1. The summed E-state index contributed by atoms with van der Waals surface area (Å²) in [6.07, 6.45) is -38.1. The topological polar surface area (TPSA) is 472 Å². The van der Waals surface area contributed by atoms with Crippen LogP contribution in [-0.4, -0.2) is 304 Å². The molecule has 0 aromatic rings. The van der Waals surface area contributed by atoms with Gasteiger partial charge in [-0.25, -0.2) is 0 Å². The Bertz CT molecular complexity index is 2640. The highest BCUT2D eigenvalue weighted by molar-refractivity contribution is 5.79. The summed E-state index contributed by atoms with van der Waals surface area (Å²) >= 11 is 0. The molecule has 0 radical (unpaired) electrons. The largest absolute Gasteiger partial charge is 0.432 e. The van der Waals surface area contributed by atoms with Gasteiger partial charge in [-0.05, 0) is 116 Å². The number of aliphatic hydroxyl groups is 17. The zero-order chi connectivity index (χ0) is 68.4. The molecule has 4 saturated carbocycles. The summed E-state index contributed by atoms with van der Waals surface area (Å²) in [5, 5.41) is 184. The van der Waals surface area contributed by atoms with Gasteiger partial charge in [0, 0.05) is 0 Å². The number of aliphatic hydroxyl groups excluding tert-OH is 17. The van der Waals surface area contributed by atoms with E-state index in [4.69, 9.17) is 56.8 Å². The molecule has 10 fully saturated rings. The average molecular weight is 1350 g/mol. The van der Waals surface area contributed by atoms with E-state index in [-0.39, 0.29) is 34.0 Å². The number of carbonyl (C=O) groups is 1. The van der Waals surface area contributed by atoms with Gasteiger partial charge in [0.05, 0.1) is 50.7 Å². The zero-order valence-electron chi connectivity index (χ0n) is 54.6. The predicted molar refractivity (Wildman–Crippen MR) is 315 cm³/mol. The second-order valence-electron chi connectivity index (χ2n) is 31.0. The van der Waals surface area contributed by atoms with Gasteiger partial charge in [-0.3, -0.25) is 4.79 Å². The Morgan fingerprint density at radius 2 is 1.05 bits per heavy atom. The van der Waals surface area contributed by atoms with E-state index in [1.54, 1.807) is 0 Å². The fraction of sp³-hybridized carbons (Fsp3) is 0.953. The molecule has 11 aliphatic rings. The van der Waals surface area contributed by atoms with Crippen molar-refractivity contribution in [3.8, 4) is 0 Å². The van der Waals surface area contributed by atoms with Crippen LogP contribution in [0, 0.1) is 50.2 Å². The first-order valence-corrected chi connectivity index (χ1v) is 33.5. The Balaban J connectivity index is 0.807. The Morgan fingerprint density at radius 3 is 1.73 bits per heavy atom. The highest BCUT2D eigenvalue weighted by Crippen LogP contribution is 2.76. The molecule has 17 N–H and O–H groups in total. The highest BCUT2D eigenvalue weighted by atomic mass is 16.8. The van der Waals surface area contributed by atoms with Crippen LogP contribution in [0.15, 0.2) is 11.6 Å². The summed E-state index contributed by atoms with van der Waals surface area (Å²) in [6, 6.07) is 0. The van der Waals surface area contributed by atoms with Crippen molar-refractivity contribution < 1.29 is 148 Å². The summed E-state index contributed by atoms with van der Waals surface area (Å²) in [6.45, 7) is 14.1. The van der Waals surface area contributed by atoms with Gasteiger partial charge in [0.2, 0.25) is 6.29 Å². The molecule has 540 valence electrons. The number of esters is 1. The number of hydrogen-bond acceptors (Lipinski definition) is 30. The predicted octanol–water partition coefficient (Wildman–Crippen LogP) is -4.08. The monoisotopic (exact) mass is 1350 g/mol. The minimum absolute atomic E-state index is 0.0404. The van der Waals surface area contributed by atoms with Crippen LogP contribution >= 0.6 is 0 Å². The number of fused-ring (bicyclic) bond motifs is 7. The normalized spacial score (nSPS) is 54.2. The second kappa shape index (κ2) is 27.5. The maximum absolute atomic E-state index is 15.5. The summed E-state index contributed by atoms with van der Waals surface area (Å²) in [5.41, 5.74) is -1.75. The van der Waals surface area contributed by atoms with Crippen molar-refractivity contribution in [1.82, 2.24) is 0 Å². The molecule has 5 aliphatic carbocycles. The number of rotatable bonds is 15. The van der Waals surface area contributed by atoms with E-state index >= 15 is 4.79 Å². The van der Waals surface area contributed by atoms with E-state index in [1.165, 1.54) is 12.5 Å². The first-order valence-electron chi connectivity index (χ1n) is 33.5. The van der Waals surface area contributed by atoms with Crippen LogP contribution in [0.2, 0.25) is 0 Å². The van der Waals surface area contributed by atoms with Gasteiger partial charge in [0.25, 0.3) is 0 Å². The van der Waals surface area contributed by atoms with E-state index < -0.39 is 233 Å². The third-order valence-electron chi connectivity index (χ3n) is 24.8. The molecule has 94 heavy (non-hydrogen) atoms. The van der Waals surface area contributed by atoms with Gasteiger partial charge in [0.15, 0.2) is 31.5 Å². The van der Waals surface area contributed by atoms with E-state index in [0.29, 0.717) is 51.4 Å². The summed E-state index contributed by atoms with van der Waals surface area (Å²) in [4.78, 5) is 15.5. The summed E-state index contributed by atoms with van der Waals surface area (Å²) in [7, 11) is 0. The summed E-state index contributed by atoms with van der Waals surface area (Å²) in [5.74, 6) is -0.783. The molecule has 0 aromatic carbocycles. The van der Waals surface area contributed by atoms with Crippen LogP contribution in [0.5, 0.6) is 0 Å². The van der Waals surface area contributed by atoms with Gasteiger partial charge in [0.1, 0.15) is 128 Å². The quantitative estimate of drug-likeness (QED) is 0.0421. The second-order valence-corrected chi connectivity index (χ2v) is 31.0. The van der Waals surface area contributed by atoms with Crippen molar-refractivity contribution in [1.29, 1.82) is 0 Å². The van der Waals surface area contributed by atoms with Gasteiger partial charge < -0.3 is 144 Å². The molecule has 6 saturated heterocycles. The molecule has 0 bridgehead atoms. The highest BCUT2D eigenvalue weighted by Gasteiger charge is 2.71. The SMILES string of the molecule is C[C@@H]1O[C@H](O[C@H]2[C@H](O)[C@@H](O)[C@H](OC(=O)[C@]34CCC(C)(C)C[C@H]3C3=CC[C@H]5[C@@]6(C)CC[C@H](O[C@@H]7O[C@H](CO)[C@@H](O)[C@H](O)[C@H]7O[C@@H]7OC[C@@H](O)[C@H](O[C@@H]8O[C@H](CO)[C@@H](O)[C@H](O)[C@H]8O)[C@H]7O)C(C)(C)[C@@H]6CC[C@@]5(C)[C@]3(C)CC4)O[C@@H]2CO[C@@H]2OC[C@H](O)[C@H](O)[C@H]2O)[C@H](O)[C@H](O)[C@H]1O. The number of allylic oxidation sites excluding steroid dienone is 2. The van der Waals surface area contributed by atoms with Gasteiger partial charge in [-0.2, -0.15) is 0 Å². The van der Waals surface area contributed by atoms with E-state index in [0.717, 1.165) is 12.8 Å². The van der Waals surface area contributed by atoms with Crippen LogP contribution in [0.1, 0.15) is 120 Å². The van der Waals surface area contributed by atoms with Gasteiger partial charge in [-0.1, -0.05) is 60.1 Å². The third-order valence-corrected chi connectivity index (χ3v) is 24.8. The van der Waals surface area contributed by atoms with E-state index in [9.17, 15) is 86.8 Å². The molecule has 36 atom stereocenters. The molecule has 30 heteroatoms. The first kappa shape index (κ1) is 73.3. The third kappa shape index (κ3) is 12.6. The number of hydrogen-bond donors (Lipinski definition) is 17. The summed E-state index contributed by atoms with van der Waals surface area (Å²) < 4.78 is 71.9. The smallest absolute Gasteiger partial charge is 0.315 e. The van der Waals surface area contributed by atoms with Crippen LogP contribution in [0.4, 0.5) is 0 Å². The number of ether oxygens (including phenoxy) is 12. The molecule has 30 nitrogen and oxygen atoms in total. The Morgan fingerprint density at radius 1 is 0.500 bits per heavy atom. The molecule has 0 spiro atoms. The first-order chi connectivity index (χ1) is 44.1. The van der Waals surface area contributed by atoms with Gasteiger partial charge >= 0.3 is 5.97 Å². The molecular formula is C64H104O30. The molecule has 0 aromatic heterocycles. The Hall–Kier alpha value is -1.91. The lowest BCUT2D eigenvalue weighted by molar-refractivity contribution is -0.382. The van der Waals surface area contributed by atoms with Crippen LogP contribution < -0.4 is 0 Å². The maximum atomic E-state index is 15.5. The van der Waals surface area contributed by atoms with Crippen molar-refractivity contribution in [2.24, 2.45) is 50.2 Å².